The maximum atomic E-state index is 12.1. The van der Waals surface area contributed by atoms with Crippen LogP contribution in [-0.4, -0.2) is 43.3 Å². The van der Waals surface area contributed by atoms with Crippen molar-refractivity contribution >= 4 is 23.6 Å². The first-order valence-electron chi connectivity index (χ1n) is 8.13. The number of rotatable bonds is 9. The molecule has 0 radical (unpaired) electrons. The summed E-state index contributed by atoms with van der Waals surface area (Å²) in [6.07, 6.45) is -0.0861. The fraction of sp³-hybridized carbons (Fsp3) is 0.444. The number of benzene rings is 1. The van der Waals surface area contributed by atoms with Crippen LogP contribution in [0.5, 0.6) is 0 Å². The van der Waals surface area contributed by atoms with E-state index in [-0.39, 0.29) is 31.1 Å². The van der Waals surface area contributed by atoms with Gasteiger partial charge >= 0.3 is 5.97 Å². The maximum absolute atomic E-state index is 12.1. The van der Waals surface area contributed by atoms with Crippen molar-refractivity contribution in [2.75, 3.05) is 19.7 Å². The molecule has 1 aromatic carbocycles. The lowest BCUT2D eigenvalue weighted by molar-refractivity contribution is -0.148. The van der Waals surface area contributed by atoms with E-state index >= 15 is 0 Å². The van der Waals surface area contributed by atoms with Gasteiger partial charge in [0.25, 0.3) is 5.91 Å². The SMILES string of the molecule is CCNC(=O)CNC(=O)COC(=O)CCC(=O)c1ccc(C)c(C)c1. The molecule has 0 aliphatic heterocycles. The molecule has 0 saturated carbocycles. The lowest BCUT2D eigenvalue weighted by atomic mass is 10.0. The molecule has 7 nitrogen and oxygen atoms in total. The molecule has 0 aromatic heterocycles. The van der Waals surface area contributed by atoms with Gasteiger partial charge in [-0.05, 0) is 38.0 Å². The Morgan fingerprint density at radius 3 is 2.32 bits per heavy atom. The number of hydrogen-bond donors (Lipinski definition) is 2. The summed E-state index contributed by atoms with van der Waals surface area (Å²) in [5.41, 5.74) is 2.65. The fourth-order valence-corrected chi connectivity index (χ4v) is 1.98. The summed E-state index contributed by atoms with van der Waals surface area (Å²) in [7, 11) is 0. The third kappa shape index (κ3) is 7.60. The van der Waals surface area contributed by atoms with E-state index < -0.39 is 18.5 Å². The van der Waals surface area contributed by atoms with E-state index in [4.69, 9.17) is 4.74 Å². The number of esters is 1. The molecule has 0 atom stereocenters. The summed E-state index contributed by atoms with van der Waals surface area (Å²) in [6, 6.07) is 5.38. The number of nitrogens with one attached hydrogen (secondary N) is 2. The normalized spacial score (nSPS) is 10.0. The molecule has 0 heterocycles. The second-order valence-corrected chi connectivity index (χ2v) is 5.61. The molecule has 0 aliphatic rings. The predicted molar refractivity (Wildman–Crippen MR) is 92.1 cm³/mol. The van der Waals surface area contributed by atoms with Gasteiger partial charge in [0.15, 0.2) is 12.4 Å². The number of carbonyl (C=O) groups is 4. The average molecular weight is 348 g/mol. The second-order valence-electron chi connectivity index (χ2n) is 5.61. The summed E-state index contributed by atoms with van der Waals surface area (Å²) in [5, 5.41) is 4.85. The van der Waals surface area contributed by atoms with Crippen molar-refractivity contribution in [1.82, 2.24) is 10.6 Å². The summed E-state index contributed by atoms with van der Waals surface area (Å²) >= 11 is 0. The van der Waals surface area contributed by atoms with Crippen LogP contribution in [0.15, 0.2) is 18.2 Å². The van der Waals surface area contributed by atoms with Crippen LogP contribution < -0.4 is 10.6 Å². The molecular weight excluding hydrogens is 324 g/mol. The molecule has 2 amide bonds. The summed E-state index contributed by atoms with van der Waals surface area (Å²) < 4.78 is 4.79. The zero-order valence-corrected chi connectivity index (χ0v) is 14.8. The van der Waals surface area contributed by atoms with Gasteiger partial charge < -0.3 is 15.4 Å². The lowest BCUT2D eigenvalue weighted by Gasteiger charge is -2.07. The van der Waals surface area contributed by atoms with Gasteiger partial charge in [-0.15, -0.1) is 0 Å². The molecule has 7 heteroatoms. The molecule has 25 heavy (non-hydrogen) atoms. The van der Waals surface area contributed by atoms with Crippen molar-refractivity contribution in [2.45, 2.75) is 33.6 Å². The molecule has 0 unspecified atom stereocenters. The zero-order chi connectivity index (χ0) is 18.8. The Hall–Kier alpha value is -2.70. The van der Waals surface area contributed by atoms with Crippen LogP contribution in [-0.2, 0) is 19.1 Å². The number of ether oxygens (including phenoxy) is 1. The molecule has 1 aromatic rings. The number of hydrogen-bond acceptors (Lipinski definition) is 5. The largest absolute Gasteiger partial charge is 0.456 e. The highest BCUT2D eigenvalue weighted by atomic mass is 16.5. The lowest BCUT2D eigenvalue weighted by Crippen LogP contribution is -2.38. The van der Waals surface area contributed by atoms with Crippen LogP contribution in [0.4, 0.5) is 0 Å². The highest BCUT2D eigenvalue weighted by Crippen LogP contribution is 2.12. The Balaban J connectivity index is 2.30. The topological polar surface area (TPSA) is 102 Å². The Bertz CT molecular complexity index is 655. The van der Waals surface area contributed by atoms with E-state index in [1.165, 1.54) is 0 Å². The highest BCUT2D eigenvalue weighted by Gasteiger charge is 2.13. The van der Waals surface area contributed by atoms with Crippen molar-refractivity contribution < 1.29 is 23.9 Å². The summed E-state index contributed by atoms with van der Waals surface area (Å²) in [6.45, 7) is 5.46. The number of likely N-dealkylation sites (N-methyl/N-ethyl adjacent to an activating group) is 1. The first kappa shape index (κ1) is 20.3. The quantitative estimate of drug-likeness (QED) is 0.513. The maximum Gasteiger partial charge on any atom is 0.306 e. The van der Waals surface area contributed by atoms with E-state index in [1.807, 2.05) is 19.9 Å². The van der Waals surface area contributed by atoms with Gasteiger partial charge in [-0.25, -0.2) is 0 Å². The van der Waals surface area contributed by atoms with E-state index in [0.717, 1.165) is 11.1 Å². The minimum Gasteiger partial charge on any atom is -0.456 e. The number of amides is 2. The molecular formula is C18H24N2O5. The van der Waals surface area contributed by atoms with Crippen LogP contribution in [0, 0.1) is 13.8 Å². The molecule has 0 aliphatic carbocycles. The van der Waals surface area contributed by atoms with Crippen LogP contribution in [0.25, 0.3) is 0 Å². The number of carbonyl (C=O) groups excluding carboxylic acids is 4. The fourth-order valence-electron chi connectivity index (χ4n) is 1.98. The minimum atomic E-state index is -0.634. The third-order valence-corrected chi connectivity index (χ3v) is 3.57. The Morgan fingerprint density at radius 2 is 1.68 bits per heavy atom. The molecule has 2 N–H and O–H groups in total. The van der Waals surface area contributed by atoms with Gasteiger partial charge in [0, 0.05) is 18.5 Å². The first-order chi connectivity index (χ1) is 11.8. The van der Waals surface area contributed by atoms with E-state index in [9.17, 15) is 19.2 Å². The van der Waals surface area contributed by atoms with Crippen molar-refractivity contribution in [1.29, 1.82) is 0 Å². The van der Waals surface area contributed by atoms with Gasteiger partial charge in [0.1, 0.15) is 0 Å². The molecule has 0 fully saturated rings. The standard InChI is InChI=1S/C18H24N2O5/c1-4-19-16(22)10-20-17(23)11-25-18(24)8-7-15(21)14-6-5-12(2)13(3)9-14/h5-6,9H,4,7-8,10-11H2,1-3H3,(H,19,22)(H,20,23). The summed E-state index contributed by atoms with van der Waals surface area (Å²) in [5.74, 6) is -1.67. The van der Waals surface area contributed by atoms with Gasteiger partial charge in [-0.3, -0.25) is 19.2 Å². The monoisotopic (exact) mass is 348 g/mol. The first-order valence-corrected chi connectivity index (χ1v) is 8.13. The van der Waals surface area contributed by atoms with Crippen LogP contribution in [0.2, 0.25) is 0 Å². The smallest absolute Gasteiger partial charge is 0.306 e. The van der Waals surface area contributed by atoms with Gasteiger partial charge in [0.2, 0.25) is 5.91 Å². The van der Waals surface area contributed by atoms with Crippen molar-refractivity contribution in [2.24, 2.45) is 0 Å². The average Bonchev–Trinajstić information content (AvgIpc) is 2.58. The van der Waals surface area contributed by atoms with E-state index in [0.29, 0.717) is 12.1 Å². The van der Waals surface area contributed by atoms with Crippen molar-refractivity contribution in [3.63, 3.8) is 0 Å². The molecule has 0 spiro atoms. The van der Waals surface area contributed by atoms with Gasteiger partial charge in [0.05, 0.1) is 13.0 Å². The zero-order valence-electron chi connectivity index (χ0n) is 14.8. The molecule has 0 saturated heterocycles. The van der Waals surface area contributed by atoms with Gasteiger partial charge in [-0.2, -0.15) is 0 Å². The Labute approximate surface area is 147 Å². The number of aryl methyl sites for hydroxylation is 2. The molecule has 136 valence electrons. The van der Waals surface area contributed by atoms with Crippen molar-refractivity contribution in [3.8, 4) is 0 Å². The van der Waals surface area contributed by atoms with Crippen LogP contribution in [0.3, 0.4) is 0 Å². The van der Waals surface area contributed by atoms with Crippen molar-refractivity contribution in [3.05, 3.63) is 34.9 Å². The van der Waals surface area contributed by atoms with E-state index in [2.05, 4.69) is 10.6 Å². The number of ketones is 1. The number of Topliss-reactive ketones (excluding diaryl/α,β-unsaturated/α-hetero) is 1. The van der Waals surface area contributed by atoms with Crippen LogP contribution >= 0.6 is 0 Å². The molecule has 1 rings (SSSR count). The third-order valence-electron chi connectivity index (χ3n) is 3.57. The van der Waals surface area contributed by atoms with Gasteiger partial charge in [-0.1, -0.05) is 12.1 Å². The second kappa shape index (κ2) is 10.2. The highest BCUT2D eigenvalue weighted by molar-refractivity contribution is 5.97. The Kier molecular flexibility index (Phi) is 8.32. The van der Waals surface area contributed by atoms with Crippen LogP contribution in [0.1, 0.15) is 41.3 Å². The minimum absolute atomic E-state index is 0.0157. The molecule has 0 bridgehead atoms. The summed E-state index contributed by atoms with van der Waals surface area (Å²) in [4.78, 5) is 46.3. The Morgan fingerprint density at radius 1 is 0.960 bits per heavy atom. The van der Waals surface area contributed by atoms with E-state index in [1.54, 1.807) is 19.1 Å². The predicted octanol–water partition coefficient (Wildman–Crippen LogP) is 1.06.